The Morgan fingerprint density at radius 2 is 2.03 bits per heavy atom. The Labute approximate surface area is 194 Å². The first-order chi connectivity index (χ1) is 16.0. The number of pyridine rings is 1. The lowest BCUT2D eigenvalue weighted by molar-refractivity contribution is -0.139. The van der Waals surface area contributed by atoms with Crippen molar-refractivity contribution in [2.24, 2.45) is 11.7 Å². The van der Waals surface area contributed by atoms with Gasteiger partial charge >= 0.3 is 5.92 Å². The number of alkyl halides is 2. The van der Waals surface area contributed by atoms with Crippen molar-refractivity contribution in [2.45, 2.75) is 51.2 Å². The van der Waals surface area contributed by atoms with Gasteiger partial charge in [0.15, 0.2) is 0 Å². The van der Waals surface area contributed by atoms with Crippen LogP contribution in [0.1, 0.15) is 49.0 Å². The van der Waals surface area contributed by atoms with Crippen LogP contribution in [0, 0.1) is 17.8 Å². The van der Waals surface area contributed by atoms with Gasteiger partial charge in [-0.25, -0.2) is 4.98 Å². The molecule has 1 aromatic carbocycles. The Hall–Kier alpha value is -3.74. The van der Waals surface area contributed by atoms with Gasteiger partial charge in [-0.15, -0.1) is 0 Å². The molecule has 0 bridgehead atoms. The minimum atomic E-state index is -3.44. The number of ether oxygens (including phenoxy) is 2. The largest absolute Gasteiger partial charge is 0.490 e. The Morgan fingerprint density at radius 3 is 2.62 bits per heavy atom. The summed E-state index contributed by atoms with van der Waals surface area (Å²) in [7, 11) is 0. The van der Waals surface area contributed by atoms with E-state index < -0.39 is 30.2 Å². The normalized spacial score (nSPS) is 19.4. The summed E-state index contributed by atoms with van der Waals surface area (Å²) in [6, 6.07) is 2.20. The van der Waals surface area contributed by atoms with Crippen LogP contribution in [0.4, 0.5) is 8.78 Å². The number of halogens is 2. The third-order valence-electron chi connectivity index (χ3n) is 5.53. The molecule has 4 rings (SSSR count). The van der Waals surface area contributed by atoms with Crippen molar-refractivity contribution < 1.29 is 32.6 Å². The number of aromatic nitrogens is 1. The number of nitrogens with two attached hydrogens (primary N) is 1. The predicted octanol–water partition coefficient (Wildman–Crippen LogP) is 2.35. The van der Waals surface area contributed by atoms with E-state index in [2.05, 4.69) is 22.1 Å². The second kappa shape index (κ2) is 8.89. The summed E-state index contributed by atoms with van der Waals surface area (Å²) in [6.07, 6.45) is 1.30. The molecule has 1 atom stereocenters. The Balaban J connectivity index is 1.73. The highest BCUT2D eigenvalue weighted by Gasteiger charge is 2.48. The molecular weight excluding hydrogens is 448 g/mol. The number of amides is 2. The van der Waals surface area contributed by atoms with Gasteiger partial charge in [0.25, 0.3) is 11.8 Å². The number of nitrogens with zero attached hydrogens (tertiary/aromatic N) is 1. The molecule has 2 aliphatic rings. The predicted molar refractivity (Wildman–Crippen MR) is 118 cm³/mol. The van der Waals surface area contributed by atoms with Crippen LogP contribution in [0.15, 0.2) is 18.3 Å². The monoisotopic (exact) mass is 471 g/mol. The average molecular weight is 471 g/mol. The quantitative estimate of drug-likeness (QED) is 0.624. The SMILES string of the molecule is CC(C)Oc1cc2c(OCC3CC(F)(F)C(=O)N3)ncc(C#CC3CC(=O)C3)c2cc1C(N)=O. The fourth-order valence-electron chi connectivity index (χ4n) is 3.80. The number of hydrogen-bond donors (Lipinski definition) is 2. The lowest BCUT2D eigenvalue weighted by Crippen LogP contribution is -2.33. The highest BCUT2D eigenvalue weighted by Crippen LogP contribution is 2.34. The molecule has 2 fully saturated rings. The molecule has 1 aliphatic heterocycles. The number of primary amides is 1. The van der Waals surface area contributed by atoms with E-state index in [-0.39, 0.29) is 41.6 Å². The lowest BCUT2D eigenvalue weighted by atomic mass is 9.84. The summed E-state index contributed by atoms with van der Waals surface area (Å²) in [6.45, 7) is 3.35. The number of carbonyl (C=O) groups is 3. The zero-order chi connectivity index (χ0) is 24.6. The summed E-state index contributed by atoms with van der Waals surface area (Å²) in [4.78, 5) is 39.0. The van der Waals surface area contributed by atoms with E-state index in [1.807, 2.05) is 0 Å². The van der Waals surface area contributed by atoms with Gasteiger partial charge in [0.05, 0.1) is 23.3 Å². The molecule has 2 aromatic rings. The molecule has 1 unspecified atom stereocenters. The van der Waals surface area contributed by atoms with Crippen LogP contribution >= 0.6 is 0 Å². The first-order valence-electron chi connectivity index (χ1n) is 10.8. The maximum Gasteiger partial charge on any atom is 0.326 e. The van der Waals surface area contributed by atoms with E-state index in [0.717, 1.165) is 0 Å². The third kappa shape index (κ3) is 4.78. The van der Waals surface area contributed by atoms with Crippen LogP contribution < -0.4 is 20.5 Å². The lowest BCUT2D eigenvalue weighted by Gasteiger charge is -2.18. The summed E-state index contributed by atoms with van der Waals surface area (Å²) in [5, 5.41) is 3.15. The Morgan fingerprint density at radius 1 is 1.29 bits per heavy atom. The third-order valence-corrected chi connectivity index (χ3v) is 5.53. The van der Waals surface area contributed by atoms with Crippen molar-refractivity contribution in [3.05, 3.63) is 29.5 Å². The molecule has 1 saturated heterocycles. The maximum absolute atomic E-state index is 13.5. The molecular formula is C24H23F2N3O5. The van der Waals surface area contributed by atoms with Gasteiger partial charge in [0.1, 0.15) is 18.1 Å². The molecule has 2 amide bonds. The molecule has 1 aromatic heterocycles. The Kier molecular flexibility index (Phi) is 6.13. The molecule has 0 radical (unpaired) electrons. The van der Waals surface area contributed by atoms with Crippen molar-refractivity contribution >= 4 is 28.4 Å². The standard InChI is InChI=1S/C24H23F2N3O5/c1-12(2)34-20-8-18-17(7-19(20)21(27)31)14(4-3-13-5-16(30)6-13)10-28-22(18)33-11-15-9-24(25,26)23(32)29-15/h7-8,10,12-13,15H,5-6,9,11H2,1-2H3,(H2,27,31)(H,29,32). The molecule has 8 nitrogen and oxygen atoms in total. The zero-order valence-electron chi connectivity index (χ0n) is 18.6. The number of benzene rings is 1. The highest BCUT2D eigenvalue weighted by atomic mass is 19.3. The van der Waals surface area contributed by atoms with Crippen molar-refractivity contribution in [3.8, 4) is 23.5 Å². The van der Waals surface area contributed by atoms with E-state index >= 15 is 0 Å². The summed E-state index contributed by atoms with van der Waals surface area (Å²) in [5.74, 6) is 1.01. The average Bonchev–Trinajstić information content (AvgIpc) is 2.99. The van der Waals surface area contributed by atoms with E-state index in [1.54, 1.807) is 19.9 Å². The molecule has 3 N–H and O–H groups in total. The van der Waals surface area contributed by atoms with Gasteiger partial charge in [0, 0.05) is 42.1 Å². The fraction of sp³-hybridized carbons (Fsp3) is 0.417. The molecule has 178 valence electrons. The van der Waals surface area contributed by atoms with Gasteiger partial charge in [-0.05, 0) is 26.0 Å². The summed E-state index contributed by atoms with van der Waals surface area (Å²) >= 11 is 0. The number of hydrogen-bond acceptors (Lipinski definition) is 6. The zero-order valence-corrected chi connectivity index (χ0v) is 18.6. The van der Waals surface area contributed by atoms with E-state index in [0.29, 0.717) is 29.2 Å². The summed E-state index contributed by atoms with van der Waals surface area (Å²) in [5.41, 5.74) is 6.20. The number of Topliss-reactive ketones (excluding diaryl/α,β-unsaturated/α-hetero) is 1. The van der Waals surface area contributed by atoms with Crippen molar-refractivity contribution in [1.82, 2.24) is 10.3 Å². The first kappa shape index (κ1) is 23.4. The molecule has 1 aliphatic carbocycles. The van der Waals surface area contributed by atoms with Gasteiger partial charge in [-0.1, -0.05) is 11.8 Å². The van der Waals surface area contributed by atoms with Crippen molar-refractivity contribution in [3.63, 3.8) is 0 Å². The number of ketones is 1. The van der Waals surface area contributed by atoms with Gasteiger partial charge in [-0.3, -0.25) is 14.4 Å². The molecule has 34 heavy (non-hydrogen) atoms. The maximum atomic E-state index is 13.5. The van der Waals surface area contributed by atoms with E-state index in [9.17, 15) is 23.2 Å². The van der Waals surface area contributed by atoms with Crippen LogP contribution in [0.5, 0.6) is 11.6 Å². The van der Waals surface area contributed by atoms with Crippen LogP contribution in [0.3, 0.4) is 0 Å². The van der Waals surface area contributed by atoms with Gasteiger partial charge in [0.2, 0.25) is 5.88 Å². The number of carbonyl (C=O) groups excluding carboxylic acids is 3. The van der Waals surface area contributed by atoms with Crippen molar-refractivity contribution in [2.75, 3.05) is 6.61 Å². The molecule has 10 heteroatoms. The van der Waals surface area contributed by atoms with Crippen LogP contribution in [0.2, 0.25) is 0 Å². The van der Waals surface area contributed by atoms with Crippen LogP contribution in [-0.4, -0.2) is 47.3 Å². The smallest absolute Gasteiger partial charge is 0.326 e. The second-order valence-corrected chi connectivity index (χ2v) is 8.70. The van der Waals surface area contributed by atoms with Crippen LogP contribution in [-0.2, 0) is 9.59 Å². The van der Waals surface area contributed by atoms with Crippen molar-refractivity contribution in [1.29, 1.82) is 0 Å². The summed E-state index contributed by atoms with van der Waals surface area (Å²) < 4.78 is 38.5. The number of rotatable bonds is 6. The topological polar surface area (TPSA) is 121 Å². The highest BCUT2D eigenvalue weighted by molar-refractivity contribution is 6.03. The number of fused-ring (bicyclic) bond motifs is 1. The van der Waals surface area contributed by atoms with Crippen LogP contribution in [0.25, 0.3) is 10.8 Å². The van der Waals surface area contributed by atoms with E-state index in [4.69, 9.17) is 15.2 Å². The number of nitrogens with one attached hydrogen (secondary N) is 1. The first-order valence-corrected chi connectivity index (χ1v) is 10.8. The fourth-order valence-corrected chi connectivity index (χ4v) is 3.80. The van der Waals surface area contributed by atoms with E-state index in [1.165, 1.54) is 12.3 Å². The molecule has 0 spiro atoms. The van der Waals surface area contributed by atoms with Gasteiger partial charge < -0.3 is 20.5 Å². The minimum Gasteiger partial charge on any atom is -0.490 e. The molecule has 1 saturated carbocycles. The minimum absolute atomic E-state index is 0.0368. The van der Waals surface area contributed by atoms with Gasteiger partial charge in [-0.2, -0.15) is 8.78 Å². The Bertz CT molecular complexity index is 1240. The molecule has 2 heterocycles. The second-order valence-electron chi connectivity index (χ2n) is 8.70.